The van der Waals surface area contributed by atoms with Crippen molar-refractivity contribution in [3.05, 3.63) is 181 Å². The molecule has 0 fully saturated rings. The SMILES string of the molecule is CC1(C)c2ccccc2-c2ccc(-c3cccc(-c4cc(-c5ccccc5)nc(-c5c6ccccc6cc6c5ccc5ccccc56)n4)c3)cc21. The van der Waals surface area contributed by atoms with E-state index in [1.807, 2.05) is 0 Å². The lowest BCUT2D eigenvalue weighted by atomic mass is 9.81. The lowest BCUT2D eigenvalue weighted by Gasteiger charge is -2.22. The van der Waals surface area contributed by atoms with Gasteiger partial charge in [-0.1, -0.05) is 159 Å². The highest BCUT2D eigenvalue weighted by Crippen LogP contribution is 2.49. The van der Waals surface area contributed by atoms with Crippen molar-refractivity contribution in [2.75, 3.05) is 0 Å². The number of rotatable bonds is 4. The molecule has 2 heteroatoms. The molecule has 0 amide bonds. The lowest BCUT2D eigenvalue weighted by Crippen LogP contribution is -2.14. The smallest absolute Gasteiger partial charge is 0.161 e. The number of hydrogen-bond donors (Lipinski definition) is 0. The molecule has 0 saturated carbocycles. The van der Waals surface area contributed by atoms with Crippen LogP contribution in [0.3, 0.4) is 0 Å². The third-order valence-electron chi connectivity index (χ3n) is 10.9. The molecule has 0 unspecified atom stereocenters. The summed E-state index contributed by atoms with van der Waals surface area (Å²) >= 11 is 0. The van der Waals surface area contributed by atoms with Gasteiger partial charge in [0, 0.05) is 22.1 Å². The van der Waals surface area contributed by atoms with Gasteiger partial charge in [0.15, 0.2) is 5.82 Å². The van der Waals surface area contributed by atoms with Crippen molar-refractivity contribution in [1.29, 1.82) is 0 Å². The Labute approximate surface area is 297 Å². The summed E-state index contributed by atoms with van der Waals surface area (Å²) in [7, 11) is 0. The second kappa shape index (κ2) is 11.3. The zero-order valence-corrected chi connectivity index (χ0v) is 28.6. The lowest BCUT2D eigenvalue weighted by molar-refractivity contribution is 0.660. The van der Waals surface area contributed by atoms with Crippen molar-refractivity contribution < 1.29 is 0 Å². The number of nitrogens with zero attached hydrogens (tertiary/aromatic N) is 2. The number of benzene rings is 8. The monoisotopic (exact) mass is 650 g/mol. The van der Waals surface area contributed by atoms with Crippen LogP contribution < -0.4 is 0 Å². The van der Waals surface area contributed by atoms with Crippen molar-refractivity contribution in [2.24, 2.45) is 0 Å². The van der Waals surface area contributed by atoms with E-state index in [0.717, 1.165) is 44.7 Å². The van der Waals surface area contributed by atoms with Crippen LogP contribution in [-0.4, -0.2) is 9.97 Å². The number of aromatic nitrogens is 2. The van der Waals surface area contributed by atoms with Gasteiger partial charge in [-0.25, -0.2) is 9.97 Å². The van der Waals surface area contributed by atoms with E-state index >= 15 is 0 Å². The molecule has 1 aliphatic carbocycles. The quantitative estimate of drug-likeness (QED) is 0.140. The molecule has 0 atom stereocenters. The van der Waals surface area contributed by atoms with Gasteiger partial charge >= 0.3 is 0 Å². The predicted molar refractivity (Wildman–Crippen MR) is 214 cm³/mol. The van der Waals surface area contributed by atoms with Gasteiger partial charge < -0.3 is 0 Å². The summed E-state index contributed by atoms with van der Waals surface area (Å²) < 4.78 is 0. The van der Waals surface area contributed by atoms with Crippen molar-refractivity contribution in [3.8, 4) is 56.2 Å². The van der Waals surface area contributed by atoms with Crippen LogP contribution in [0.2, 0.25) is 0 Å². The molecule has 240 valence electrons. The van der Waals surface area contributed by atoms with Crippen LogP contribution in [0.25, 0.3) is 88.5 Å². The summed E-state index contributed by atoms with van der Waals surface area (Å²) in [6.45, 7) is 4.68. The highest BCUT2D eigenvalue weighted by molar-refractivity contribution is 6.19. The van der Waals surface area contributed by atoms with E-state index < -0.39 is 0 Å². The zero-order valence-electron chi connectivity index (χ0n) is 28.6. The maximum atomic E-state index is 5.41. The fourth-order valence-corrected chi connectivity index (χ4v) is 8.27. The van der Waals surface area contributed by atoms with E-state index in [4.69, 9.17) is 9.97 Å². The minimum absolute atomic E-state index is 0.0573. The van der Waals surface area contributed by atoms with Crippen LogP contribution in [0.1, 0.15) is 25.0 Å². The Morgan fingerprint density at radius 2 is 1.02 bits per heavy atom. The Hall–Kier alpha value is -6.38. The molecule has 0 N–H and O–H groups in total. The average molecular weight is 651 g/mol. The largest absolute Gasteiger partial charge is 0.228 e. The fraction of sp³-hybridized carbons (Fsp3) is 0.0612. The van der Waals surface area contributed by atoms with Gasteiger partial charge in [0.2, 0.25) is 0 Å². The summed E-state index contributed by atoms with van der Waals surface area (Å²) in [6, 6.07) is 61.2. The molecule has 1 aromatic heterocycles. The maximum absolute atomic E-state index is 5.41. The Morgan fingerprint density at radius 1 is 0.373 bits per heavy atom. The third-order valence-corrected chi connectivity index (χ3v) is 10.9. The Bertz CT molecular complexity index is 2830. The summed E-state index contributed by atoms with van der Waals surface area (Å²) in [5.74, 6) is 0.728. The van der Waals surface area contributed by atoms with Gasteiger partial charge in [-0.05, 0) is 90.0 Å². The molecular weight excluding hydrogens is 617 g/mol. The second-order valence-corrected chi connectivity index (χ2v) is 14.2. The van der Waals surface area contributed by atoms with Crippen LogP contribution in [0.4, 0.5) is 0 Å². The summed E-state index contributed by atoms with van der Waals surface area (Å²) in [5, 5.41) is 7.14. The predicted octanol–water partition coefficient (Wildman–Crippen LogP) is 12.9. The minimum atomic E-state index is -0.0573. The highest BCUT2D eigenvalue weighted by Gasteiger charge is 2.35. The van der Waals surface area contributed by atoms with E-state index in [1.54, 1.807) is 0 Å². The van der Waals surface area contributed by atoms with Crippen molar-refractivity contribution in [3.63, 3.8) is 0 Å². The van der Waals surface area contributed by atoms with Crippen molar-refractivity contribution in [2.45, 2.75) is 19.3 Å². The van der Waals surface area contributed by atoms with Gasteiger partial charge in [0.05, 0.1) is 11.4 Å². The first-order chi connectivity index (χ1) is 25.0. The first kappa shape index (κ1) is 29.5. The molecule has 0 spiro atoms. The average Bonchev–Trinajstić information content (AvgIpc) is 3.42. The molecule has 9 aromatic rings. The van der Waals surface area contributed by atoms with E-state index in [9.17, 15) is 0 Å². The van der Waals surface area contributed by atoms with Gasteiger partial charge in [-0.15, -0.1) is 0 Å². The van der Waals surface area contributed by atoms with Gasteiger partial charge in [0.25, 0.3) is 0 Å². The first-order valence-corrected chi connectivity index (χ1v) is 17.7. The summed E-state index contributed by atoms with van der Waals surface area (Å²) in [5.41, 5.74) is 12.7. The minimum Gasteiger partial charge on any atom is -0.228 e. The molecule has 0 radical (unpaired) electrons. The molecule has 8 aromatic carbocycles. The highest BCUT2D eigenvalue weighted by atomic mass is 14.9. The van der Waals surface area contributed by atoms with Crippen LogP contribution >= 0.6 is 0 Å². The first-order valence-electron chi connectivity index (χ1n) is 17.7. The number of fused-ring (bicyclic) bond motifs is 7. The van der Waals surface area contributed by atoms with Gasteiger partial charge in [-0.2, -0.15) is 0 Å². The third kappa shape index (κ3) is 4.71. The van der Waals surface area contributed by atoms with Crippen LogP contribution in [0.5, 0.6) is 0 Å². The topological polar surface area (TPSA) is 25.8 Å². The van der Waals surface area contributed by atoms with Crippen LogP contribution in [-0.2, 0) is 5.41 Å². The Morgan fingerprint density at radius 3 is 1.88 bits per heavy atom. The van der Waals surface area contributed by atoms with E-state index in [0.29, 0.717) is 0 Å². The van der Waals surface area contributed by atoms with Crippen LogP contribution in [0.15, 0.2) is 170 Å². The van der Waals surface area contributed by atoms with E-state index in [1.165, 1.54) is 54.9 Å². The molecule has 10 rings (SSSR count). The normalized spacial score (nSPS) is 13.1. The molecule has 0 bridgehead atoms. The van der Waals surface area contributed by atoms with E-state index in [-0.39, 0.29) is 5.41 Å². The number of hydrogen-bond acceptors (Lipinski definition) is 2. The summed E-state index contributed by atoms with van der Waals surface area (Å²) in [4.78, 5) is 10.7. The van der Waals surface area contributed by atoms with Gasteiger partial charge in [0.1, 0.15) is 0 Å². The molecule has 0 saturated heterocycles. The molecule has 1 heterocycles. The molecule has 0 aliphatic heterocycles. The summed E-state index contributed by atoms with van der Waals surface area (Å²) in [6.07, 6.45) is 0. The van der Waals surface area contributed by atoms with E-state index in [2.05, 4.69) is 184 Å². The Balaban J connectivity index is 1.18. The van der Waals surface area contributed by atoms with Gasteiger partial charge in [-0.3, -0.25) is 0 Å². The van der Waals surface area contributed by atoms with Crippen molar-refractivity contribution >= 4 is 32.3 Å². The van der Waals surface area contributed by atoms with Crippen LogP contribution in [0, 0.1) is 0 Å². The maximum Gasteiger partial charge on any atom is 0.161 e. The standard InChI is InChI=1S/C49H34N2/c1-49(2)43-22-11-10-21-39(43)40-25-24-34(29-44(40)49)33-17-12-18-36(27-33)46-30-45(32-14-4-3-5-15-32)50-48(51-46)47-38-20-9-7-16-35(38)28-42-37-19-8-6-13-31(37)23-26-41(42)47/h3-30H,1-2H3. The molecular formula is C49H34N2. The Kier molecular flexibility index (Phi) is 6.56. The van der Waals surface area contributed by atoms with Crippen molar-refractivity contribution in [1.82, 2.24) is 9.97 Å². The molecule has 51 heavy (non-hydrogen) atoms. The fourth-order valence-electron chi connectivity index (χ4n) is 8.27. The zero-order chi connectivity index (χ0) is 34.1. The molecule has 1 aliphatic rings. The second-order valence-electron chi connectivity index (χ2n) is 14.2. The molecule has 2 nitrogen and oxygen atoms in total.